The molecule has 6 rings (SSSR count). The second kappa shape index (κ2) is 8.34. The smallest absolute Gasteiger partial charge is 0.339 e. The van der Waals surface area contributed by atoms with Crippen molar-refractivity contribution in [3.63, 3.8) is 0 Å². The van der Waals surface area contributed by atoms with Crippen LogP contribution in [0.1, 0.15) is 44.3 Å². The van der Waals surface area contributed by atoms with Crippen molar-refractivity contribution in [2.75, 3.05) is 30.9 Å². The summed E-state index contributed by atoms with van der Waals surface area (Å²) in [5, 5.41) is 9.85. The summed E-state index contributed by atoms with van der Waals surface area (Å²) in [6.07, 6.45) is -2.92. The first-order valence-corrected chi connectivity index (χ1v) is 11.5. The predicted molar refractivity (Wildman–Crippen MR) is 136 cm³/mol. The lowest BCUT2D eigenvalue weighted by Crippen LogP contribution is -2.45. The molecular weight excluding hydrogens is 485 g/mol. The van der Waals surface area contributed by atoms with Crippen LogP contribution < -0.4 is 14.8 Å². The van der Waals surface area contributed by atoms with Gasteiger partial charge in [0.05, 0.1) is 6.37 Å². The number of anilines is 1. The van der Waals surface area contributed by atoms with E-state index in [1.165, 1.54) is 36.4 Å². The molecule has 4 nitrogen and oxygen atoms in total. The molecule has 0 bridgehead atoms. The summed E-state index contributed by atoms with van der Waals surface area (Å²) in [6, 6.07) is 7.58. The Morgan fingerprint density at radius 1 is 1.11 bits per heavy atom. The van der Waals surface area contributed by atoms with Crippen molar-refractivity contribution >= 4 is 33.1 Å². The Labute approximate surface area is 225 Å². The van der Waals surface area contributed by atoms with Crippen LogP contribution in [0, 0.1) is 30.3 Å². The van der Waals surface area contributed by atoms with Gasteiger partial charge in [-0.25, -0.2) is 22.5 Å². The van der Waals surface area contributed by atoms with Gasteiger partial charge in [0.1, 0.15) is 29.9 Å². The summed E-state index contributed by atoms with van der Waals surface area (Å²) in [7, 11) is 0. The molecule has 0 aromatic heterocycles. The van der Waals surface area contributed by atoms with E-state index in [1.807, 2.05) is 0 Å². The number of carboxylic acid groups (broad SMARTS) is 1. The Hall–Kier alpha value is -3.39. The first-order chi connectivity index (χ1) is 21.4. The zero-order chi connectivity index (χ0) is 35.2. The van der Waals surface area contributed by atoms with Gasteiger partial charge >= 0.3 is 5.97 Å². The van der Waals surface area contributed by atoms with Gasteiger partial charge in [-0.1, -0.05) is 13.0 Å². The van der Waals surface area contributed by atoms with Crippen LogP contribution in [0.2, 0.25) is 0 Å². The first kappa shape index (κ1) is 13.8. The van der Waals surface area contributed by atoms with Crippen molar-refractivity contribution < 1.29 is 38.2 Å². The van der Waals surface area contributed by atoms with E-state index in [0.717, 1.165) is 30.1 Å². The zero-order valence-corrected chi connectivity index (χ0v) is 19.6. The normalized spacial score (nSPS) is 28.3. The molecule has 2 aromatic carbocycles. The molecule has 4 aliphatic rings. The maximum Gasteiger partial charge on any atom is 0.339 e. The van der Waals surface area contributed by atoms with Crippen molar-refractivity contribution in [2.24, 2.45) is 5.89 Å². The minimum Gasteiger partial charge on any atom is -0.478 e. The van der Waals surface area contributed by atoms with Crippen LogP contribution in [0.15, 0.2) is 36.4 Å². The van der Waals surface area contributed by atoms with Crippen molar-refractivity contribution in [3.8, 4) is 21.6 Å². The van der Waals surface area contributed by atoms with E-state index in [9.17, 15) is 14.3 Å². The molecule has 0 radical (unpaired) electrons. The highest BCUT2D eigenvalue weighted by atomic mass is 32.1. The summed E-state index contributed by atoms with van der Waals surface area (Å²) < 4.78 is 137. The molecular formula is C28H24F3N2O2S+. The molecule has 184 valence electrons. The van der Waals surface area contributed by atoms with Gasteiger partial charge in [0.25, 0.3) is 0 Å². The molecule has 1 N–H and O–H groups in total. The van der Waals surface area contributed by atoms with E-state index in [1.54, 1.807) is 0 Å². The second-order valence-electron chi connectivity index (χ2n) is 8.33. The van der Waals surface area contributed by atoms with Crippen molar-refractivity contribution in [3.05, 3.63) is 70.3 Å². The molecule has 0 spiro atoms. The first-order valence-electron chi connectivity index (χ1n) is 16.2. The highest BCUT2D eigenvalue weighted by Crippen LogP contribution is 2.47. The topological polar surface area (TPSA) is 43.6 Å². The van der Waals surface area contributed by atoms with Crippen LogP contribution in [0.5, 0.6) is 0 Å². The number of benzene rings is 3. The van der Waals surface area contributed by atoms with Gasteiger partial charge in [-0.3, -0.25) is 0 Å². The number of carboxylic acids is 1. The molecule has 2 saturated heterocycles. The van der Waals surface area contributed by atoms with Gasteiger partial charge < -0.3 is 10.0 Å². The largest absolute Gasteiger partial charge is 0.478 e. The highest BCUT2D eigenvalue weighted by Gasteiger charge is 2.32. The van der Waals surface area contributed by atoms with Gasteiger partial charge in [0, 0.05) is 77.6 Å². The Morgan fingerprint density at radius 3 is 2.58 bits per heavy atom. The quantitative estimate of drug-likeness (QED) is 0.213. The van der Waals surface area contributed by atoms with E-state index < -0.39 is 78.4 Å². The van der Waals surface area contributed by atoms with E-state index in [4.69, 9.17) is 15.1 Å². The SMILES string of the molecule is [2H]C1([2H])N(c2ccc3c(-c4c(F)c(C)c(F)c(F)c4C(=O)O)c4ccc(=[N+]5C([2H])([2H])C([2H])([2H])C5([2H])[2H])cc-4sc3c2)C([2H])([2H])C1([2H])C. The summed E-state index contributed by atoms with van der Waals surface area (Å²) in [6.45, 7) is -8.64. The molecule has 2 fully saturated rings. The van der Waals surface area contributed by atoms with Gasteiger partial charge in [-0.05, 0) is 31.0 Å². The number of hydrogen-bond donors (Lipinski definition) is 1. The molecule has 8 heteroatoms. The lowest BCUT2D eigenvalue weighted by Gasteiger charge is -2.39. The number of nitrogens with zero attached hydrogens (tertiary/aromatic N) is 2. The fraction of sp³-hybridized carbons (Fsp3) is 0.286. The minimum atomic E-state index is -2.92. The molecule has 2 aromatic rings. The van der Waals surface area contributed by atoms with E-state index in [-0.39, 0.29) is 37.1 Å². The summed E-state index contributed by atoms with van der Waals surface area (Å²) >= 11 is 0.903. The maximum absolute atomic E-state index is 16.0. The van der Waals surface area contributed by atoms with Crippen LogP contribution in [0.25, 0.3) is 31.7 Å². The Kier molecular flexibility index (Phi) is 3.19. The molecule has 3 heterocycles. The number of aromatic carboxylic acids is 1. The third-order valence-electron chi connectivity index (χ3n) is 6.10. The van der Waals surface area contributed by atoms with Crippen LogP contribution in [0.3, 0.4) is 0 Å². The van der Waals surface area contributed by atoms with Gasteiger partial charge in [0.2, 0.25) is 5.36 Å². The Bertz CT molecular complexity index is 2080. The molecule has 0 saturated carbocycles. The van der Waals surface area contributed by atoms with E-state index in [0.29, 0.717) is 4.58 Å². The lowest BCUT2D eigenvalue weighted by atomic mass is 9.89. The van der Waals surface area contributed by atoms with Crippen LogP contribution >= 0.6 is 11.3 Å². The fourth-order valence-corrected chi connectivity index (χ4v) is 5.49. The van der Waals surface area contributed by atoms with Gasteiger partial charge in [0.15, 0.2) is 11.6 Å². The van der Waals surface area contributed by atoms with Crippen molar-refractivity contribution in [1.29, 1.82) is 0 Å². The van der Waals surface area contributed by atoms with Gasteiger partial charge in [-0.15, -0.1) is 11.3 Å². The summed E-state index contributed by atoms with van der Waals surface area (Å²) in [4.78, 5) is 13.1. The van der Waals surface area contributed by atoms with Crippen LogP contribution in [-0.4, -0.2) is 37.1 Å². The molecule has 0 atom stereocenters. The summed E-state index contributed by atoms with van der Waals surface area (Å²) in [5.41, 5.74) is -3.19. The standard InChI is InChI=1S/C28H23F3N2O2S/c1-14-12-33(13-14)17-5-7-19-21(11-17)36-20-10-16(32-8-3-9-32)4-6-18(20)22(19)23-24(28(34)35)27(31)26(30)15(2)25(23)29/h4-7,10-11,14H,3,8-9,12-13H2,1-2H3/p+1/i3D2,8D2,9D2,12D2,13D2,14D. The van der Waals surface area contributed by atoms with E-state index >= 15 is 8.78 Å². The zero-order valence-electron chi connectivity index (χ0n) is 29.8. The van der Waals surface area contributed by atoms with E-state index in [2.05, 4.69) is 0 Å². The van der Waals surface area contributed by atoms with Gasteiger partial charge in [-0.2, -0.15) is 0 Å². The number of carbonyl (C=O) groups is 1. The third-order valence-corrected chi connectivity index (χ3v) is 7.22. The molecule has 0 unspecified atom stereocenters. The lowest BCUT2D eigenvalue weighted by molar-refractivity contribution is 0.0691. The fourth-order valence-electron chi connectivity index (χ4n) is 4.33. The molecule has 36 heavy (non-hydrogen) atoms. The van der Waals surface area contributed by atoms with Crippen LogP contribution in [0.4, 0.5) is 18.9 Å². The van der Waals surface area contributed by atoms with Crippen LogP contribution in [-0.2, 0) is 0 Å². The Morgan fingerprint density at radius 2 is 1.86 bits per heavy atom. The Balaban J connectivity index is 1.76. The maximum atomic E-state index is 16.0. The highest BCUT2D eigenvalue weighted by molar-refractivity contribution is 7.21. The predicted octanol–water partition coefficient (Wildman–Crippen LogP) is 5.73. The summed E-state index contributed by atoms with van der Waals surface area (Å²) in [5.74, 6) is -9.10. The minimum absolute atomic E-state index is 0.0565. The number of halogens is 3. The number of fused-ring (bicyclic) bond motifs is 2. The average Bonchev–Trinajstić information content (AvgIpc) is 2.95. The number of hydrogen-bond acceptors (Lipinski definition) is 3. The molecule has 1 aliphatic carbocycles. The monoisotopic (exact) mass is 520 g/mol. The third kappa shape index (κ3) is 3.42. The number of rotatable bonds is 3. The molecule has 3 aliphatic heterocycles. The average molecular weight is 521 g/mol. The van der Waals surface area contributed by atoms with Crippen molar-refractivity contribution in [2.45, 2.75) is 20.2 Å². The van der Waals surface area contributed by atoms with Crippen molar-refractivity contribution in [1.82, 2.24) is 4.58 Å². The second-order valence-corrected chi connectivity index (χ2v) is 9.41. The molecule has 0 amide bonds.